The van der Waals surface area contributed by atoms with Crippen molar-refractivity contribution in [3.8, 4) is 11.5 Å². The molecule has 158 valence electrons. The Morgan fingerprint density at radius 3 is 2.55 bits per heavy atom. The van der Waals surface area contributed by atoms with Crippen LogP contribution >= 0.6 is 15.9 Å². The molecule has 0 aliphatic rings. The van der Waals surface area contributed by atoms with Crippen molar-refractivity contribution in [3.63, 3.8) is 0 Å². The summed E-state index contributed by atoms with van der Waals surface area (Å²) in [5.74, 6) is 1.79. The van der Waals surface area contributed by atoms with Gasteiger partial charge in [0.05, 0.1) is 17.7 Å². The minimum atomic E-state index is -0.169. The molecule has 0 saturated heterocycles. The lowest BCUT2D eigenvalue weighted by Crippen LogP contribution is -2.12. The van der Waals surface area contributed by atoms with Gasteiger partial charge in [-0.3, -0.25) is 4.79 Å². The Labute approximate surface area is 183 Å². The molecule has 0 fully saturated rings. The van der Waals surface area contributed by atoms with Crippen LogP contribution in [0.3, 0.4) is 0 Å². The molecular formula is C24H32BrNO3. The van der Waals surface area contributed by atoms with Gasteiger partial charge in [-0.2, -0.15) is 0 Å². The minimum Gasteiger partial charge on any atom is -0.494 e. The standard InChI is InChI=1S/C24H32BrNO3/c1-4-5-6-7-8-14-28-21-11-9-10-20(16-21)26-24(27)19-12-13-23(22(25)15-19)29-17-18(2)3/h9-13,15-16,18H,4-8,14,17H2,1-3H3,(H,26,27). The fourth-order valence-electron chi connectivity index (χ4n) is 2.78. The number of anilines is 1. The van der Waals surface area contributed by atoms with Crippen LogP contribution in [0, 0.1) is 5.92 Å². The topological polar surface area (TPSA) is 47.6 Å². The fraction of sp³-hybridized carbons (Fsp3) is 0.458. The number of benzene rings is 2. The molecule has 2 aromatic rings. The Kier molecular flexibility index (Phi) is 10.1. The van der Waals surface area contributed by atoms with Gasteiger partial charge in [0.25, 0.3) is 5.91 Å². The van der Waals surface area contributed by atoms with Crippen LogP contribution in [0.2, 0.25) is 0 Å². The quantitative estimate of drug-likeness (QED) is 0.343. The van der Waals surface area contributed by atoms with E-state index in [1.54, 1.807) is 12.1 Å². The van der Waals surface area contributed by atoms with Crippen molar-refractivity contribution in [3.05, 3.63) is 52.5 Å². The van der Waals surface area contributed by atoms with Crippen LogP contribution in [0.25, 0.3) is 0 Å². The lowest BCUT2D eigenvalue weighted by molar-refractivity contribution is 0.102. The number of unbranched alkanes of at least 4 members (excludes halogenated alkanes) is 4. The summed E-state index contributed by atoms with van der Waals surface area (Å²) in [5.41, 5.74) is 1.28. The van der Waals surface area contributed by atoms with E-state index in [-0.39, 0.29) is 5.91 Å². The highest BCUT2D eigenvalue weighted by Gasteiger charge is 2.11. The second-order valence-electron chi connectivity index (χ2n) is 7.59. The van der Waals surface area contributed by atoms with Gasteiger partial charge in [0, 0.05) is 17.3 Å². The predicted octanol–water partition coefficient (Wildman–Crippen LogP) is 7.09. The highest BCUT2D eigenvalue weighted by Crippen LogP contribution is 2.27. The van der Waals surface area contributed by atoms with Crippen molar-refractivity contribution in [1.82, 2.24) is 0 Å². The number of ether oxygens (including phenoxy) is 2. The van der Waals surface area contributed by atoms with E-state index in [1.165, 1.54) is 25.7 Å². The summed E-state index contributed by atoms with van der Waals surface area (Å²) >= 11 is 3.49. The van der Waals surface area contributed by atoms with Gasteiger partial charge in [-0.25, -0.2) is 0 Å². The largest absolute Gasteiger partial charge is 0.494 e. The zero-order chi connectivity index (χ0) is 21.1. The third-order valence-corrected chi connectivity index (χ3v) is 4.99. The van der Waals surface area contributed by atoms with Crippen LogP contribution in [0.15, 0.2) is 46.9 Å². The van der Waals surface area contributed by atoms with E-state index in [4.69, 9.17) is 9.47 Å². The summed E-state index contributed by atoms with van der Waals surface area (Å²) in [5, 5.41) is 2.93. The number of hydrogen-bond acceptors (Lipinski definition) is 3. The fourth-order valence-corrected chi connectivity index (χ4v) is 3.27. The van der Waals surface area contributed by atoms with Gasteiger partial charge in [0.1, 0.15) is 11.5 Å². The number of carbonyl (C=O) groups is 1. The van der Waals surface area contributed by atoms with Crippen LogP contribution in [0.4, 0.5) is 5.69 Å². The highest BCUT2D eigenvalue weighted by atomic mass is 79.9. The average molecular weight is 462 g/mol. The maximum absolute atomic E-state index is 12.6. The number of amides is 1. The van der Waals surface area contributed by atoms with Gasteiger partial charge in [0.15, 0.2) is 0 Å². The molecule has 0 atom stereocenters. The van der Waals surface area contributed by atoms with Crippen LogP contribution in [-0.4, -0.2) is 19.1 Å². The molecule has 1 amide bonds. The molecule has 0 aliphatic heterocycles. The molecule has 0 bridgehead atoms. The van der Waals surface area contributed by atoms with Crippen LogP contribution in [-0.2, 0) is 0 Å². The van der Waals surface area contributed by atoms with E-state index in [9.17, 15) is 4.79 Å². The third-order valence-electron chi connectivity index (χ3n) is 4.37. The second-order valence-corrected chi connectivity index (χ2v) is 8.45. The van der Waals surface area contributed by atoms with E-state index >= 15 is 0 Å². The monoisotopic (exact) mass is 461 g/mol. The number of halogens is 1. The first-order chi connectivity index (χ1) is 14.0. The van der Waals surface area contributed by atoms with E-state index < -0.39 is 0 Å². The van der Waals surface area contributed by atoms with Gasteiger partial charge in [-0.05, 0) is 58.6 Å². The predicted molar refractivity (Wildman–Crippen MR) is 123 cm³/mol. The van der Waals surface area contributed by atoms with Gasteiger partial charge in [0.2, 0.25) is 0 Å². The molecule has 4 nitrogen and oxygen atoms in total. The molecule has 2 aromatic carbocycles. The van der Waals surface area contributed by atoms with Crippen LogP contribution in [0.5, 0.6) is 11.5 Å². The summed E-state index contributed by atoms with van der Waals surface area (Å²) in [6.45, 7) is 7.74. The van der Waals surface area contributed by atoms with E-state index in [0.717, 1.165) is 28.1 Å². The Bertz CT molecular complexity index is 776. The van der Waals surface area contributed by atoms with Crippen molar-refractivity contribution < 1.29 is 14.3 Å². The molecule has 0 spiro atoms. The first-order valence-electron chi connectivity index (χ1n) is 10.5. The van der Waals surface area contributed by atoms with Gasteiger partial charge in [-0.1, -0.05) is 52.5 Å². The SMILES string of the molecule is CCCCCCCOc1cccc(NC(=O)c2ccc(OCC(C)C)c(Br)c2)c1. The zero-order valence-corrected chi connectivity index (χ0v) is 19.3. The molecule has 5 heteroatoms. The Morgan fingerprint density at radius 2 is 1.83 bits per heavy atom. The second kappa shape index (κ2) is 12.5. The maximum atomic E-state index is 12.6. The Balaban J connectivity index is 1.89. The first-order valence-corrected chi connectivity index (χ1v) is 11.3. The molecule has 0 aliphatic carbocycles. The molecule has 0 aromatic heterocycles. The smallest absolute Gasteiger partial charge is 0.255 e. The van der Waals surface area contributed by atoms with Crippen molar-refractivity contribution in [1.29, 1.82) is 0 Å². The van der Waals surface area contributed by atoms with Crippen LogP contribution < -0.4 is 14.8 Å². The highest BCUT2D eigenvalue weighted by molar-refractivity contribution is 9.10. The number of carbonyl (C=O) groups excluding carboxylic acids is 1. The van der Waals surface area contributed by atoms with E-state index in [0.29, 0.717) is 24.7 Å². The molecule has 2 rings (SSSR count). The zero-order valence-electron chi connectivity index (χ0n) is 17.7. The summed E-state index contributed by atoms with van der Waals surface area (Å²) in [7, 11) is 0. The van der Waals surface area contributed by atoms with Crippen molar-refractivity contribution in [2.75, 3.05) is 18.5 Å². The molecule has 1 N–H and O–H groups in total. The Hall–Kier alpha value is -2.01. The summed E-state index contributed by atoms with van der Waals surface area (Å²) in [6.07, 6.45) is 6.02. The molecule has 29 heavy (non-hydrogen) atoms. The van der Waals surface area contributed by atoms with Crippen LogP contribution in [0.1, 0.15) is 63.2 Å². The Morgan fingerprint density at radius 1 is 1.03 bits per heavy atom. The van der Waals surface area contributed by atoms with Crippen molar-refractivity contribution in [2.45, 2.75) is 52.9 Å². The number of hydrogen-bond donors (Lipinski definition) is 1. The number of rotatable bonds is 12. The number of nitrogens with one attached hydrogen (secondary N) is 1. The normalized spacial score (nSPS) is 10.8. The van der Waals surface area contributed by atoms with Gasteiger partial charge < -0.3 is 14.8 Å². The summed E-state index contributed by atoms with van der Waals surface area (Å²) in [6, 6.07) is 12.9. The first kappa shape index (κ1) is 23.3. The maximum Gasteiger partial charge on any atom is 0.255 e. The summed E-state index contributed by atoms with van der Waals surface area (Å²) < 4.78 is 12.3. The molecule has 0 radical (unpaired) electrons. The lowest BCUT2D eigenvalue weighted by Gasteiger charge is -2.12. The molecule has 0 saturated carbocycles. The van der Waals surface area contributed by atoms with E-state index in [2.05, 4.69) is 42.0 Å². The minimum absolute atomic E-state index is 0.169. The van der Waals surface area contributed by atoms with E-state index in [1.807, 2.05) is 30.3 Å². The van der Waals surface area contributed by atoms with Crippen molar-refractivity contribution in [2.24, 2.45) is 5.92 Å². The molecule has 0 unspecified atom stereocenters. The van der Waals surface area contributed by atoms with Gasteiger partial charge in [-0.15, -0.1) is 0 Å². The lowest BCUT2D eigenvalue weighted by atomic mass is 10.2. The average Bonchev–Trinajstić information content (AvgIpc) is 2.69. The summed E-state index contributed by atoms with van der Waals surface area (Å²) in [4.78, 5) is 12.6. The van der Waals surface area contributed by atoms with Crippen molar-refractivity contribution >= 4 is 27.5 Å². The third kappa shape index (κ3) is 8.48. The molecule has 0 heterocycles. The molecular weight excluding hydrogens is 430 g/mol. The van der Waals surface area contributed by atoms with Gasteiger partial charge >= 0.3 is 0 Å².